The molecular formula is C20H20FN3O4S. The zero-order chi connectivity index (χ0) is 20.6. The van der Waals surface area contributed by atoms with Gasteiger partial charge in [-0.25, -0.2) is 4.39 Å². The maximum absolute atomic E-state index is 12.9. The Hall–Kier alpha value is -3.07. The average molecular weight is 417 g/mol. The molecular weight excluding hydrogens is 397 g/mol. The Morgan fingerprint density at radius 2 is 1.90 bits per heavy atom. The number of carbonyl (C=O) groups excluding carboxylic acids is 1. The molecule has 0 fully saturated rings. The van der Waals surface area contributed by atoms with E-state index in [0.29, 0.717) is 35.5 Å². The molecule has 0 aliphatic carbocycles. The van der Waals surface area contributed by atoms with Gasteiger partial charge in [0.05, 0.1) is 25.7 Å². The van der Waals surface area contributed by atoms with Gasteiger partial charge in [-0.1, -0.05) is 17.3 Å². The molecule has 1 heterocycles. The lowest BCUT2D eigenvalue weighted by Crippen LogP contribution is -2.24. The molecule has 2 aromatic carbocycles. The first-order valence-corrected chi connectivity index (χ1v) is 9.88. The number of hydrogen-bond acceptors (Lipinski definition) is 7. The molecule has 0 saturated heterocycles. The van der Waals surface area contributed by atoms with Crippen molar-refractivity contribution in [2.24, 2.45) is 0 Å². The van der Waals surface area contributed by atoms with Crippen molar-refractivity contribution in [1.82, 2.24) is 15.5 Å². The van der Waals surface area contributed by atoms with Crippen LogP contribution in [0, 0.1) is 5.82 Å². The Balaban J connectivity index is 1.48. The number of thioether (sulfide) groups is 1. The minimum absolute atomic E-state index is 0.126. The zero-order valence-electron chi connectivity index (χ0n) is 16.0. The third-order valence-electron chi connectivity index (χ3n) is 3.97. The van der Waals surface area contributed by atoms with Crippen molar-refractivity contribution < 1.29 is 23.2 Å². The fourth-order valence-corrected chi connectivity index (χ4v) is 3.17. The van der Waals surface area contributed by atoms with E-state index in [2.05, 4.69) is 15.5 Å². The number of methoxy groups -OCH3 is 2. The van der Waals surface area contributed by atoms with Crippen LogP contribution >= 0.6 is 11.8 Å². The van der Waals surface area contributed by atoms with Gasteiger partial charge in [-0.05, 0) is 35.9 Å². The zero-order valence-corrected chi connectivity index (χ0v) is 16.8. The second-order valence-corrected chi connectivity index (χ2v) is 6.96. The molecule has 0 aliphatic heterocycles. The topological polar surface area (TPSA) is 86.5 Å². The third-order valence-corrected chi connectivity index (χ3v) is 4.89. The first-order chi connectivity index (χ1) is 14.1. The maximum Gasteiger partial charge on any atom is 0.236 e. The summed E-state index contributed by atoms with van der Waals surface area (Å²) in [4.78, 5) is 16.3. The number of benzene rings is 2. The number of carbonyl (C=O) groups is 1. The summed E-state index contributed by atoms with van der Waals surface area (Å²) in [6.07, 6.45) is 0. The fraction of sp³-hybridized carbons (Fsp3) is 0.250. The van der Waals surface area contributed by atoms with Crippen molar-refractivity contribution in [1.29, 1.82) is 0 Å². The van der Waals surface area contributed by atoms with E-state index >= 15 is 0 Å². The number of ether oxygens (including phenoxy) is 2. The molecule has 1 aromatic heterocycles. The van der Waals surface area contributed by atoms with Crippen molar-refractivity contribution in [3.8, 4) is 22.9 Å². The molecule has 7 nitrogen and oxygen atoms in total. The Labute approximate surface area is 171 Å². The van der Waals surface area contributed by atoms with Crippen molar-refractivity contribution in [2.75, 3.05) is 20.0 Å². The van der Waals surface area contributed by atoms with Crippen LogP contribution in [0.15, 0.2) is 47.0 Å². The van der Waals surface area contributed by atoms with Gasteiger partial charge >= 0.3 is 0 Å². The Morgan fingerprint density at radius 3 is 2.62 bits per heavy atom. The summed E-state index contributed by atoms with van der Waals surface area (Å²) in [6.45, 7) is 0.351. The fourth-order valence-electron chi connectivity index (χ4n) is 2.49. The summed E-state index contributed by atoms with van der Waals surface area (Å²) >= 11 is 1.36. The molecule has 0 aliphatic rings. The molecule has 0 radical (unpaired) electrons. The van der Waals surface area contributed by atoms with Gasteiger partial charge < -0.3 is 19.3 Å². The maximum atomic E-state index is 12.9. The molecule has 9 heteroatoms. The Kier molecular flexibility index (Phi) is 7.07. The van der Waals surface area contributed by atoms with E-state index in [-0.39, 0.29) is 17.5 Å². The van der Waals surface area contributed by atoms with E-state index in [1.54, 1.807) is 38.5 Å². The lowest BCUT2D eigenvalue weighted by molar-refractivity contribution is -0.118. The number of nitrogens with zero attached hydrogens (tertiary/aromatic N) is 2. The molecule has 1 N–H and O–H groups in total. The molecule has 3 rings (SSSR count). The minimum Gasteiger partial charge on any atom is -0.493 e. The number of nitrogens with one attached hydrogen (secondary N) is 1. The lowest BCUT2D eigenvalue weighted by Gasteiger charge is -2.07. The van der Waals surface area contributed by atoms with E-state index in [4.69, 9.17) is 14.0 Å². The number of amides is 1. The van der Waals surface area contributed by atoms with E-state index in [1.165, 1.54) is 23.9 Å². The van der Waals surface area contributed by atoms with E-state index in [1.807, 2.05) is 6.07 Å². The Morgan fingerprint density at radius 1 is 1.14 bits per heavy atom. The van der Waals surface area contributed by atoms with Gasteiger partial charge in [0.2, 0.25) is 17.6 Å². The van der Waals surface area contributed by atoms with E-state index in [9.17, 15) is 9.18 Å². The third kappa shape index (κ3) is 5.71. The monoisotopic (exact) mass is 417 g/mol. The molecule has 0 saturated carbocycles. The summed E-state index contributed by atoms with van der Waals surface area (Å²) in [7, 11) is 3.12. The van der Waals surface area contributed by atoms with Gasteiger partial charge in [0.25, 0.3) is 0 Å². The summed E-state index contributed by atoms with van der Waals surface area (Å²) in [5.74, 6) is 2.26. The van der Waals surface area contributed by atoms with E-state index in [0.717, 1.165) is 11.1 Å². The van der Waals surface area contributed by atoms with Gasteiger partial charge in [0.1, 0.15) is 5.82 Å². The van der Waals surface area contributed by atoms with Crippen LogP contribution in [0.1, 0.15) is 11.5 Å². The molecule has 1 amide bonds. The smallest absolute Gasteiger partial charge is 0.236 e. The van der Waals surface area contributed by atoms with Gasteiger partial charge in [-0.3, -0.25) is 4.79 Å². The number of rotatable bonds is 9. The molecule has 0 unspecified atom stereocenters. The highest BCUT2D eigenvalue weighted by Crippen LogP contribution is 2.31. The van der Waals surface area contributed by atoms with Crippen LogP contribution < -0.4 is 14.8 Å². The van der Waals surface area contributed by atoms with E-state index < -0.39 is 0 Å². The first-order valence-electron chi connectivity index (χ1n) is 8.73. The predicted molar refractivity (Wildman–Crippen MR) is 107 cm³/mol. The largest absolute Gasteiger partial charge is 0.493 e. The molecule has 3 aromatic rings. The normalized spacial score (nSPS) is 10.6. The first kappa shape index (κ1) is 20.7. The summed E-state index contributed by atoms with van der Waals surface area (Å²) < 4.78 is 28.6. The van der Waals surface area contributed by atoms with Crippen molar-refractivity contribution in [3.63, 3.8) is 0 Å². The van der Waals surface area contributed by atoms with Crippen LogP contribution in [-0.2, 0) is 17.1 Å². The van der Waals surface area contributed by atoms with Crippen LogP contribution in [0.25, 0.3) is 11.4 Å². The van der Waals surface area contributed by atoms with Crippen molar-refractivity contribution in [2.45, 2.75) is 12.3 Å². The van der Waals surface area contributed by atoms with Crippen LogP contribution in [0.4, 0.5) is 4.39 Å². The number of hydrogen-bond donors (Lipinski definition) is 1. The molecule has 29 heavy (non-hydrogen) atoms. The van der Waals surface area contributed by atoms with Gasteiger partial charge in [0.15, 0.2) is 11.5 Å². The second kappa shape index (κ2) is 9.92. The lowest BCUT2D eigenvalue weighted by atomic mass is 10.2. The number of aromatic nitrogens is 2. The van der Waals surface area contributed by atoms with Gasteiger partial charge in [-0.15, -0.1) is 11.8 Å². The minimum atomic E-state index is -0.303. The highest BCUT2D eigenvalue weighted by atomic mass is 32.2. The number of halogens is 1. The summed E-state index contributed by atoms with van der Waals surface area (Å²) in [5.41, 5.74) is 1.57. The van der Waals surface area contributed by atoms with Gasteiger partial charge in [0, 0.05) is 12.1 Å². The van der Waals surface area contributed by atoms with Crippen molar-refractivity contribution >= 4 is 17.7 Å². The van der Waals surface area contributed by atoms with Crippen LogP contribution in [-0.4, -0.2) is 36.0 Å². The van der Waals surface area contributed by atoms with Crippen LogP contribution in [0.2, 0.25) is 0 Å². The van der Waals surface area contributed by atoms with Crippen LogP contribution in [0.5, 0.6) is 11.5 Å². The Bertz CT molecular complexity index is 963. The summed E-state index contributed by atoms with van der Waals surface area (Å²) in [5, 5.41) is 6.76. The van der Waals surface area contributed by atoms with Crippen LogP contribution in [0.3, 0.4) is 0 Å². The highest BCUT2D eigenvalue weighted by molar-refractivity contribution is 7.99. The molecule has 0 bridgehead atoms. The molecule has 0 spiro atoms. The van der Waals surface area contributed by atoms with Gasteiger partial charge in [-0.2, -0.15) is 4.98 Å². The van der Waals surface area contributed by atoms with Crippen molar-refractivity contribution in [3.05, 3.63) is 59.7 Å². The molecule has 152 valence electrons. The summed E-state index contributed by atoms with van der Waals surface area (Å²) in [6, 6.07) is 11.3. The SMILES string of the molecule is COc1ccc(-c2noc(CSCC(=O)NCc3ccc(F)cc3)n2)cc1OC. The highest BCUT2D eigenvalue weighted by Gasteiger charge is 2.13. The molecule has 0 atom stereocenters. The standard InChI is InChI=1S/C20H20FN3O4S/c1-26-16-8-5-14(9-17(16)27-2)20-23-19(28-24-20)12-29-11-18(25)22-10-13-3-6-15(21)7-4-13/h3-9H,10-12H2,1-2H3,(H,22,25). The average Bonchev–Trinajstić information content (AvgIpc) is 3.21. The quantitative estimate of drug-likeness (QED) is 0.571. The predicted octanol–water partition coefficient (Wildman–Crippen LogP) is 3.44. The second-order valence-electron chi connectivity index (χ2n) is 5.98.